The van der Waals surface area contributed by atoms with Crippen LogP contribution in [0.3, 0.4) is 0 Å². The summed E-state index contributed by atoms with van der Waals surface area (Å²) in [5, 5.41) is 8.17. The zero-order valence-corrected chi connectivity index (χ0v) is 14.8. The number of rotatable bonds is 2. The van der Waals surface area contributed by atoms with E-state index < -0.39 is 0 Å². The Kier molecular flexibility index (Phi) is 3.50. The summed E-state index contributed by atoms with van der Waals surface area (Å²) in [5.74, 6) is -0.594. The standard InChI is InChI=1S/C20H18N4O2/c1-20(2,3)17-12-21-22-24(17)14-10-8-13(9-11-14)23-18(25)15-6-4-5-7-16(15)19(23)26/h4-12H,1-3H3. The molecule has 4 rings (SSSR count). The Morgan fingerprint density at radius 3 is 1.88 bits per heavy atom. The molecule has 0 N–H and O–H groups in total. The second-order valence-corrected chi connectivity index (χ2v) is 7.29. The number of hydrogen-bond acceptors (Lipinski definition) is 4. The Labute approximate surface area is 151 Å². The van der Waals surface area contributed by atoms with Crippen LogP contribution in [0.25, 0.3) is 5.69 Å². The van der Waals surface area contributed by atoms with Gasteiger partial charge in [0.15, 0.2) is 0 Å². The van der Waals surface area contributed by atoms with Gasteiger partial charge < -0.3 is 0 Å². The zero-order valence-electron chi connectivity index (χ0n) is 14.8. The molecule has 2 heterocycles. The number of carbonyl (C=O) groups excluding carboxylic acids is 2. The first-order chi connectivity index (χ1) is 12.4. The monoisotopic (exact) mass is 346 g/mol. The van der Waals surface area contributed by atoms with Gasteiger partial charge in [0.2, 0.25) is 0 Å². The summed E-state index contributed by atoms with van der Waals surface area (Å²) in [6, 6.07) is 14.1. The highest BCUT2D eigenvalue weighted by atomic mass is 16.2. The van der Waals surface area contributed by atoms with Gasteiger partial charge in [-0.25, -0.2) is 9.58 Å². The molecule has 2 aromatic carbocycles. The molecule has 0 aliphatic carbocycles. The van der Waals surface area contributed by atoms with Crippen molar-refractivity contribution >= 4 is 17.5 Å². The predicted molar refractivity (Wildman–Crippen MR) is 97.6 cm³/mol. The Morgan fingerprint density at radius 1 is 0.808 bits per heavy atom. The quantitative estimate of drug-likeness (QED) is 0.667. The average molecular weight is 346 g/mol. The van der Waals surface area contributed by atoms with E-state index >= 15 is 0 Å². The fourth-order valence-corrected chi connectivity index (χ4v) is 3.10. The molecule has 6 heteroatoms. The van der Waals surface area contributed by atoms with Gasteiger partial charge in [-0.3, -0.25) is 9.59 Å². The van der Waals surface area contributed by atoms with E-state index in [-0.39, 0.29) is 17.2 Å². The molecule has 0 bridgehead atoms. The minimum absolute atomic E-state index is 0.106. The first-order valence-corrected chi connectivity index (χ1v) is 8.37. The van der Waals surface area contributed by atoms with Crippen molar-refractivity contribution in [1.82, 2.24) is 15.0 Å². The predicted octanol–water partition coefficient (Wildman–Crippen LogP) is 3.37. The van der Waals surface area contributed by atoms with Crippen LogP contribution < -0.4 is 4.90 Å². The van der Waals surface area contributed by atoms with Crippen molar-refractivity contribution in [2.45, 2.75) is 26.2 Å². The summed E-state index contributed by atoms with van der Waals surface area (Å²) >= 11 is 0. The van der Waals surface area contributed by atoms with Crippen molar-refractivity contribution in [2.24, 2.45) is 0 Å². The van der Waals surface area contributed by atoms with E-state index in [1.54, 1.807) is 47.3 Å². The van der Waals surface area contributed by atoms with E-state index in [1.165, 1.54) is 4.90 Å². The summed E-state index contributed by atoms with van der Waals surface area (Å²) in [7, 11) is 0. The molecule has 0 radical (unpaired) electrons. The number of amides is 2. The Balaban J connectivity index is 1.69. The minimum Gasteiger partial charge on any atom is -0.268 e. The van der Waals surface area contributed by atoms with Crippen LogP contribution in [0.5, 0.6) is 0 Å². The molecule has 0 fully saturated rings. The van der Waals surface area contributed by atoms with Crippen molar-refractivity contribution in [2.75, 3.05) is 4.90 Å². The topological polar surface area (TPSA) is 68.1 Å². The maximum absolute atomic E-state index is 12.6. The average Bonchev–Trinajstić information content (AvgIpc) is 3.20. The maximum atomic E-state index is 12.6. The van der Waals surface area contributed by atoms with Gasteiger partial charge in [-0.15, -0.1) is 5.10 Å². The van der Waals surface area contributed by atoms with Gasteiger partial charge in [-0.2, -0.15) is 0 Å². The molecule has 1 aromatic heterocycles. The van der Waals surface area contributed by atoms with E-state index in [0.717, 1.165) is 11.4 Å². The largest absolute Gasteiger partial charge is 0.268 e. The first-order valence-electron chi connectivity index (χ1n) is 8.37. The Hall–Kier alpha value is -3.28. The lowest BCUT2D eigenvalue weighted by atomic mass is 9.92. The number of hydrogen-bond donors (Lipinski definition) is 0. The molecule has 0 atom stereocenters. The molecule has 0 saturated heterocycles. The van der Waals surface area contributed by atoms with Gasteiger partial charge in [0.1, 0.15) is 0 Å². The summed E-state index contributed by atoms with van der Waals surface area (Å²) in [6.07, 6.45) is 1.75. The normalized spacial score (nSPS) is 14.0. The highest BCUT2D eigenvalue weighted by Crippen LogP contribution is 2.29. The molecular weight excluding hydrogens is 328 g/mol. The van der Waals surface area contributed by atoms with Crippen LogP contribution in [0, 0.1) is 0 Å². The summed E-state index contributed by atoms with van der Waals surface area (Å²) in [4.78, 5) is 26.4. The lowest BCUT2D eigenvalue weighted by Crippen LogP contribution is -2.29. The van der Waals surface area contributed by atoms with Gasteiger partial charge in [0.25, 0.3) is 11.8 Å². The van der Waals surface area contributed by atoms with Crippen molar-refractivity contribution < 1.29 is 9.59 Å². The van der Waals surface area contributed by atoms with Crippen molar-refractivity contribution in [3.8, 4) is 5.69 Å². The van der Waals surface area contributed by atoms with Crippen molar-refractivity contribution in [3.63, 3.8) is 0 Å². The number of fused-ring (bicyclic) bond motifs is 1. The van der Waals surface area contributed by atoms with E-state index in [0.29, 0.717) is 16.8 Å². The van der Waals surface area contributed by atoms with E-state index in [9.17, 15) is 9.59 Å². The summed E-state index contributed by atoms with van der Waals surface area (Å²) in [5.41, 5.74) is 3.11. The zero-order chi connectivity index (χ0) is 18.5. The molecule has 1 aliphatic rings. The third kappa shape index (κ3) is 2.42. The van der Waals surface area contributed by atoms with Crippen molar-refractivity contribution in [1.29, 1.82) is 0 Å². The fourth-order valence-electron chi connectivity index (χ4n) is 3.10. The fraction of sp³-hybridized carbons (Fsp3) is 0.200. The summed E-state index contributed by atoms with van der Waals surface area (Å²) in [6.45, 7) is 6.28. The Morgan fingerprint density at radius 2 is 1.35 bits per heavy atom. The van der Waals surface area contributed by atoms with E-state index in [4.69, 9.17) is 0 Å². The maximum Gasteiger partial charge on any atom is 0.266 e. The van der Waals surface area contributed by atoms with E-state index in [2.05, 4.69) is 31.1 Å². The molecule has 0 spiro atoms. The molecule has 1 aliphatic heterocycles. The van der Waals surface area contributed by atoms with Crippen LogP contribution in [0.15, 0.2) is 54.7 Å². The van der Waals surface area contributed by atoms with Gasteiger partial charge >= 0.3 is 0 Å². The molecular formula is C20H18N4O2. The third-order valence-corrected chi connectivity index (χ3v) is 4.46. The molecule has 0 saturated carbocycles. The molecule has 6 nitrogen and oxygen atoms in total. The number of benzene rings is 2. The second kappa shape index (κ2) is 5.62. The van der Waals surface area contributed by atoms with Gasteiger partial charge in [0.05, 0.1) is 34.4 Å². The lowest BCUT2D eigenvalue weighted by molar-refractivity contribution is 0.0926. The molecule has 2 amide bonds. The van der Waals surface area contributed by atoms with E-state index in [1.807, 2.05) is 12.1 Å². The number of nitrogens with zero attached hydrogens (tertiary/aromatic N) is 4. The van der Waals surface area contributed by atoms with Crippen LogP contribution >= 0.6 is 0 Å². The summed E-state index contributed by atoms with van der Waals surface area (Å²) < 4.78 is 1.77. The Bertz CT molecular complexity index is 978. The van der Waals surface area contributed by atoms with Crippen LogP contribution in [0.2, 0.25) is 0 Å². The molecule has 3 aromatic rings. The van der Waals surface area contributed by atoms with Crippen LogP contribution in [0.4, 0.5) is 5.69 Å². The smallest absolute Gasteiger partial charge is 0.266 e. The molecule has 130 valence electrons. The highest BCUT2D eigenvalue weighted by molar-refractivity contribution is 6.34. The van der Waals surface area contributed by atoms with Crippen LogP contribution in [0.1, 0.15) is 47.2 Å². The number of carbonyl (C=O) groups is 2. The second-order valence-electron chi connectivity index (χ2n) is 7.29. The van der Waals surface area contributed by atoms with Gasteiger partial charge in [-0.1, -0.05) is 38.1 Å². The number of imide groups is 1. The SMILES string of the molecule is CC(C)(C)c1cnnn1-c1ccc(N2C(=O)c3ccccc3C2=O)cc1. The number of aromatic nitrogens is 3. The van der Waals surface area contributed by atoms with Crippen molar-refractivity contribution in [3.05, 3.63) is 71.5 Å². The van der Waals surface area contributed by atoms with Gasteiger partial charge in [-0.05, 0) is 36.4 Å². The highest BCUT2D eigenvalue weighted by Gasteiger charge is 2.36. The first kappa shape index (κ1) is 16.2. The van der Waals surface area contributed by atoms with Crippen LogP contribution in [-0.4, -0.2) is 26.8 Å². The molecule has 0 unspecified atom stereocenters. The lowest BCUT2D eigenvalue weighted by Gasteiger charge is -2.19. The van der Waals surface area contributed by atoms with Crippen LogP contribution in [-0.2, 0) is 5.41 Å². The van der Waals surface area contributed by atoms with Gasteiger partial charge in [0, 0.05) is 5.41 Å². The third-order valence-electron chi connectivity index (χ3n) is 4.46. The minimum atomic E-state index is -0.297. The molecule has 26 heavy (non-hydrogen) atoms. The number of anilines is 1.